The molecule has 3 rings (SSSR count). The maximum atomic E-state index is 11.1. The molecule has 2 aromatic heterocycles. The number of benzene rings is 1. The molecule has 0 aliphatic carbocycles. The number of hydrogen-bond acceptors (Lipinski definition) is 5. The fourth-order valence-electron chi connectivity index (χ4n) is 2.42. The molecule has 0 fully saturated rings. The van der Waals surface area contributed by atoms with Gasteiger partial charge in [0.05, 0.1) is 12.1 Å². The van der Waals surface area contributed by atoms with Crippen LogP contribution in [-0.2, 0) is 11.2 Å². The number of aromatic nitrogens is 2. The van der Waals surface area contributed by atoms with Crippen molar-refractivity contribution in [3.8, 4) is 5.75 Å². The highest BCUT2D eigenvalue weighted by Crippen LogP contribution is 2.30. The molecule has 7 nitrogen and oxygen atoms in total. The van der Waals surface area contributed by atoms with Crippen LogP contribution in [0, 0.1) is 13.8 Å². The topological polar surface area (TPSA) is 99.5 Å². The standard InChI is InChI=1S/C17H16N4O3/c1-10-5-6-14(22)12(8-10)19-20-17-13(9-15(23)24)18-16-11(2)4-3-7-21(16)17/h3-8,22H,9H2,1-2H3,(H,23,24). The molecule has 0 aliphatic rings. The van der Waals surface area contributed by atoms with E-state index in [2.05, 4.69) is 15.2 Å². The van der Waals surface area contributed by atoms with Gasteiger partial charge in [0.1, 0.15) is 17.1 Å². The van der Waals surface area contributed by atoms with Gasteiger partial charge >= 0.3 is 5.97 Å². The summed E-state index contributed by atoms with van der Waals surface area (Å²) in [6.07, 6.45) is 1.50. The highest BCUT2D eigenvalue weighted by molar-refractivity contribution is 5.72. The fourth-order valence-corrected chi connectivity index (χ4v) is 2.42. The maximum absolute atomic E-state index is 11.1. The highest BCUT2D eigenvalue weighted by Gasteiger charge is 2.16. The minimum absolute atomic E-state index is 0.00846. The van der Waals surface area contributed by atoms with Crippen LogP contribution in [0.3, 0.4) is 0 Å². The largest absolute Gasteiger partial charge is 0.506 e. The van der Waals surface area contributed by atoms with Gasteiger partial charge in [-0.25, -0.2) is 4.98 Å². The minimum Gasteiger partial charge on any atom is -0.506 e. The smallest absolute Gasteiger partial charge is 0.309 e. The van der Waals surface area contributed by atoms with Crippen molar-refractivity contribution < 1.29 is 15.0 Å². The molecule has 0 atom stereocenters. The SMILES string of the molecule is Cc1ccc(O)c(N=Nc2c(CC(=O)O)nc3c(C)cccn23)c1. The lowest BCUT2D eigenvalue weighted by atomic mass is 10.2. The Morgan fingerprint density at radius 1 is 1.25 bits per heavy atom. The highest BCUT2D eigenvalue weighted by atomic mass is 16.4. The first-order valence-electron chi connectivity index (χ1n) is 7.35. The van der Waals surface area contributed by atoms with Crippen LogP contribution in [0.5, 0.6) is 5.75 Å². The Bertz CT molecular complexity index is 960. The molecule has 2 heterocycles. The van der Waals surface area contributed by atoms with Crippen LogP contribution in [-0.4, -0.2) is 25.6 Å². The molecule has 7 heteroatoms. The predicted molar refractivity (Wildman–Crippen MR) is 88.3 cm³/mol. The molecule has 0 saturated heterocycles. The molecule has 0 saturated carbocycles. The first-order chi connectivity index (χ1) is 11.5. The van der Waals surface area contributed by atoms with E-state index >= 15 is 0 Å². The van der Waals surface area contributed by atoms with Crippen molar-refractivity contribution in [1.29, 1.82) is 0 Å². The van der Waals surface area contributed by atoms with Crippen LogP contribution in [0.25, 0.3) is 5.65 Å². The first-order valence-corrected chi connectivity index (χ1v) is 7.35. The lowest BCUT2D eigenvalue weighted by molar-refractivity contribution is -0.136. The number of phenolic OH excluding ortho intramolecular Hbond substituents is 1. The summed E-state index contributed by atoms with van der Waals surface area (Å²) in [5.74, 6) is -0.642. The number of carbonyl (C=O) groups is 1. The number of pyridine rings is 1. The Morgan fingerprint density at radius 2 is 2.04 bits per heavy atom. The zero-order valence-electron chi connectivity index (χ0n) is 13.3. The van der Waals surface area contributed by atoms with E-state index in [1.807, 2.05) is 26.0 Å². The van der Waals surface area contributed by atoms with Crippen LogP contribution in [0.15, 0.2) is 46.8 Å². The molecule has 1 aromatic carbocycles. The lowest BCUT2D eigenvalue weighted by Gasteiger charge is -2.01. The zero-order valence-corrected chi connectivity index (χ0v) is 13.3. The van der Waals surface area contributed by atoms with Crippen LogP contribution in [0.1, 0.15) is 16.8 Å². The number of rotatable bonds is 4. The molecular weight excluding hydrogens is 308 g/mol. The van der Waals surface area contributed by atoms with Gasteiger partial charge in [-0.2, -0.15) is 0 Å². The summed E-state index contributed by atoms with van der Waals surface area (Å²) in [7, 11) is 0. The van der Waals surface area contributed by atoms with Gasteiger partial charge in [0, 0.05) is 6.20 Å². The molecule has 0 spiro atoms. The summed E-state index contributed by atoms with van der Waals surface area (Å²) in [6, 6.07) is 8.73. The number of imidazole rings is 1. The van der Waals surface area contributed by atoms with Crippen LogP contribution < -0.4 is 0 Å². The number of aliphatic carboxylic acids is 1. The van der Waals surface area contributed by atoms with E-state index in [0.29, 0.717) is 22.8 Å². The number of phenols is 1. The van der Waals surface area contributed by atoms with Crippen molar-refractivity contribution in [2.24, 2.45) is 10.2 Å². The first kappa shape index (κ1) is 15.7. The minimum atomic E-state index is -0.995. The van der Waals surface area contributed by atoms with E-state index in [0.717, 1.165) is 11.1 Å². The van der Waals surface area contributed by atoms with Gasteiger partial charge in [0.2, 0.25) is 0 Å². The molecule has 24 heavy (non-hydrogen) atoms. The summed E-state index contributed by atoms with van der Waals surface area (Å²) in [4.78, 5) is 15.5. The Balaban J connectivity index is 2.13. The predicted octanol–water partition coefficient (Wildman–Crippen LogP) is 3.70. The number of carboxylic acid groups (broad SMARTS) is 1. The summed E-state index contributed by atoms with van der Waals surface area (Å²) >= 11 is 0. The second kappa shape index (κ2) is 6.11. The van der Waals surface area contributed by atoms with Crippen LogP contribution in [0.2, 0.25) is 0 Å². The van der Waals surface area contributed by atoms with Crippen molar-refractivity contribution in [3.63, 3.8) is 0 Å². The quantitative estimate of drug-likeness (QED) is 0.715. The van der Waals surface area contributed by atoms with E-state index in [9.17, 15) is 9.90 Å². The van der Waals surface area contributed by atoms with Crippen molar-refractivity contribution in [2.45, 2.75) is 20.3 Å². The van der Waals surface area contributed by atoms with Crippen LogP contribution >= 0.6 is 0 Å². The van der Waals surface area contributed by atoms with E-state index in [-0.39, 0.29) is 12.2 Å². The van der Waals surface area contributed by atoms with Crippen molar-refractivity contribution in [1.82, 2.24) is 9.38 Å². The third kappa shape index (κ3) is 2.96. The Morgan fingerprint density at radius 3 is 2.79 bits per heavy atom. The molecule has 0 aliphatic heterocycles. The number of azo groups is 1. The summed E-state index contributed by atoms with van der Waals surface area (Å²) in [5, 5.41) is 27.2. The van der Waals surface area contributed by atoms with Gasteiger partial charge < -0.3 is 10.2 Å². The summed E-state index contributed by atoms with van der Waals surface area (Å²) in [6.45, 7) is 3.77. The number of fused-ring (bicyclic) bond motifs is 1. The van der Waals surface area contributed by atoms with Crippen LogP contribution in [0.4, 0.5) is 11.5 Å². The van der Waals surface area contributed by atoms with Gasteiger partial charge in [0.25, 0.3) is 0 Å². The van der Waals surface area contributed by atoms with Gasteiger partial charge in [-0.05, 0) is 43.2 Å². The number of carboxylic acids is 1. The van der Waals surface area contributed by atoms with E-state index in [1.165, 1.54) is 0 Å². The molecular formula is C17H16N4O3. The normalized spacial score (nSPS) is 11.4. The van der Waals surface area contributed by atoms with Crippen molar-refractivity contribution in [3.05, 3.63) is 53.3 Å². The zero-order chi connectivity index (χ0) is 17.3. The Kier molecular flexibility index (Phi) is 3.99. The van der Waals surface area contributed by atoms with Crippen molar-refractivity contribution in [2.75, 3.05) is 0 Å². The van der Waals surface area contributed by atoms with Gasteiger partial charge in [0.15, 0.2) is 5.82 Å². The third-order valence-corrected chi connectivity index (χ3v) is 3.59. The number of nitrogens with zero attached hydrogens (tertiary/aromatic N) is 4. The maximum Gasteiger partial charge on any atom is 0.309 e. The average Bonchev–Trinajstić information content (AvgIpc) is 2.86. The number of aryl methyl sites for hydroxylation is 2. The molecule has 122 valence electrons. The molecule has 0 amide bonds. The lowest BCUT2D eigenvalue weighted by Crippen LogP contribution is -2.00. The molecule has 0 radical (unpaired) electrons. The van der Waals surface area contributed by atoms with E-state index < -0.39 is 5.97 Å². The second-order valence-electron chi connectivity index (χ2n) is 5.53. The molecule has 2 N–H and O–H groups in total. The fraction of sp³-hybridized carbons (Fsp3) is 0.176. The summed E-state index contributed by atoms with van der Waals surface area (Å²) in [5.41, 5.74) is 3.12. The number of aromatic hydroxyl groups is 1. The van der Waals surface area contributed by atoms with Gasteiger partial charge in [-0.15, -0.1) is 10.2 Å². The average molecular weight is 324 g/mol. The molecule has 0 bridgehead atoms. The summed E-state index contributed by atoms with van der Waals surface area (Å²) < 4.78 is 1.70. The second-order valence-corrected chi connectivity index (χ2v) is 5.53. The monoisotopic (exact) mass is 324 g/mol. The Hall–Kier alpha value is -3.22. The van der Waals surface area contributed by atoms with Crippen molar-refractivity contribution >= 4 is 23.1 Å². The molecule has 3 aromatic rings. The van der Waals surface area contributed by atoms with E-state index in [1.54, 1.807) is 28.8 Å². The Labute approximate surface area is 137 Å². The van der Waals surface area contributed by atoms with Gasteiger partial charge in [-0.3, -0.25) is 9.20 Å². The number of hydrogen-bond donors (Lipinski definition) is 2. The van der Waals surface area contributed by atoms with Gasteiger partial charge in [-0.1, -0.05) is 12.1 Å². The van der Waals surface area contributed by atoms with E-state index in [4.69, 9.17) is 5.11 Å². The molecule has 0 unspecified atom stereocenters. The third-order valence-electron chi connectivity index (χ3n) is 3.59.